The Labute approximate surface area is 114 Å². The number of rotatable bonds is 2. The van der Waals surface area contributed by atoms with Crippen LogP contribution in [0, 0.1) is 0 Å². The van der Waals surface area contributed by atoms with Crippen molar-refractivity contribution in [3.8, 4) is 5.75 Å². The van der Waals surface area contributed by atoms with E-state index in [4.69, 9.17) is 18.3 Å². The summed E-state index contributed by atoms with van der Waals surface area (Å²) in [6.45, 7) is 4.34. The van der Waals surface area contributed by atoms with Crippen LogP contribution in [0.1, 0.15) is 18.2 Å². The first kappa shape index (κ1) is 14.4. The molecular formula is C12H10BF3N2O2. The first-order valence-corrected chi connectivity index (χ1v) is 5.57. The molecule has 1 amide bonds. The van der Waals surface area contributed by atoms with E-state index in [9.17, 15) is 18.0 Å². The van der Waals surface area contributed by atoms with Gasteiger partial charge in [0.05, 0.1) is 11.3 Å². The number of aromatic nitrogens is 1. The summed E-state index contributed by atoms with van der Waals surface area (Å²) in [7, 11) is 5.58. The Bertz CT molecular complexity index is 615. The maximum atomic E-state index is 12.7. The van der Waals surface area contributed by atoms with E-state index in [1.165, 1.54) is 6.92 Å². The molecule has 2 rings (SSSR count). The van der Waals surface area contributed by atoms with Crippen molar-refractivity contribution in [1.82, 2.24) is 4.98 Å². The van der Waals surface area contributed by atoms with Crippen molar-refractivity contribution in [2.75, 3.05) is 6.61 Å². The quantitative estimate of drug-likeness (QED) is 0.807. The standard InChI is InChI=1S/C12H10BF3N2O2/c1-5(12(14,15)16)7-3-6-8(9(13)18-7)20-4-11(6,2)10(17)19/h3H,1,4H2,2H3,(H2,17,19)/t11-/m0/s1. The van der Waals surface area contributed by atoms with Crippen LogP contribution in [0.3, 0.4) is 0 Å². The van der Waals surface area contributed by atoms with Gasteiger partial charge in [0.1, 0.15) is 25.6 Å². The highest BCUT2D eigenvalue weighted by Crippen LogP contribution is 2.39. The smallest absolute Gasteiger partial charge is 0.417 e. The number of fused-ring (bicyclic) bond motifs is 1. The van der Waals surface area contributed by atoms with E-state index in [1.807, 2.05) is 0 Å². The molecule has 4 nitrogen and oxygen atoms in total. The van der Waals surface area contributed by atoms with Crippen LogP contribution < -0.4 is 16.1 Å². The zero-order valence-electron chi connectivity index (χ0n) is 10.5. The third-order valence-electron chi connectivity index (χ3n) is 3.29. The lowest BCUT2D eigenvalue weighted by atomic mass is 9.82. The van der Waals surface area contributed by atoms with Crippen molar-refractivity contribution >= 4 is 24.9 Å². The summed E-state index contributed by atoms with van der Waals surface area (Å²) < 4.78 is 43.2. The van der Waals surface area contributed by atoms with Gasteiger partial charge in [0.25, 0.3) is 0 Å². The number of nitrogens with two attached hydrogens (primary N) is 1. The van der Waals surface area contributed by atoms with Crippen molar-refractivity contribution in [1.29, 1.82) is 0 Å². The lowest BCUT2D eigenvalue weighted by Crippen LogP contribution is -2.40. The van der Waals surface area contributed by atoms with E-state index in [-0.39, 0.29) is 23.5 Å². The Balaban J connectivity index is 2.61. The topological polar surface area (TPSA) is 65.2 Å². The monoisotopic (exact) mass is 282 g/mol. The van der Waals surface area contributed by atoms with Crippen LogP contribution in [-0.2, 0) is 10.2 Å². The Morgan fingerprint density at radius 3 is 2.70 bits per heavy atom. The van der Waals surface area contributed by atoms with Gasteiger partial charge in [-0.1, -0.05) is 6.58 Å². The fourth-order valence-electron chi connectivity index (χ4n) is 1.91. The van der Waals surface area contributed by atoms with Gasteiger partial charge >= 0.3 is 6.18 Å². The van der Waals surface area contributed by atoms with Crippen LogP contribution >= 0.6 is 0 Å². The second-order valence-electron chi connectivity index (χ2n) is 4.73. The van der Waals surface area contributed by atoms with Crippen molar-refractivity contribution in [2.24, 2.45) is 5.73 Å². The fraction of sp³-hybridized carbons (Fsp3) is 0.333. The summed E-state index contributed by atoms with van der Waals surface area (Å²) in [5, 5.41) is 0. The lowest BCUT2D eigenvalue weighted by molar-refractivity contribution is -0.123. The molecule has 20 heavy (non-hydrogen) atoms. The molecular weight excluding hydrogens is 272 g/mol. The average Bonchev–Trinajstić information content (AvgIpc) is 2.67. The number of primary amides is 1. The van der Waals surface area contributed by atoms with Crippen molar-refractivity contribution in [3.05, 3.63) is 23.9 Å². The molecule has 1 aliphatic heterocycles. The minimum absolute atomic E-state index is 0.0880. The third kappa shape index (κ3) is 2.05. The Morgan fingerprint density at radius 1 is 1.60 bits per heavy atom. The zero-order valence-corrected chi connectivity index (χ0v) is 10.5. The highest BCUT2D eigenvalue weighted by molar-refractivity contribution is 6.33. The number of nitrogens with zero attached hydrogens (tertiary/aromatic N) is 1. The van der Waals surface area contributed by atoms with E-state index in [0.29, 0.717) is 0 Å². The van der Waals surface area contributed by atoms with Gasteiger partial charge in [0.2, 0.25) is 5.91 Å². The molecule has 1 aromatic rings. The van der Waals surface area contributed by atoms with E-state index in [0.717, 1.165) is 6.07 Å². The largest absolute Gasteiger partial charge is 0.491 e. The first-order valence-electron chi connectivity index (χ1n) is 5.57. The number of allylic oxidation sites excluding steroid dienone is 1. The molecule has 0 saturated carbocycles. The Kier molecular flexibility index (Phi) is 3.07. The minimum atomic E-state index is -4.64. The normalized spacial score (nSPS) is 21.2. The number of carbonyl (C=O) groups is 1. The summed E-state index contributed by atoms with van der Waals surface area (Å²) in [4.78, 5) is 15.1. The molecule has 8 heteroatoms. The molecule has 1 aromatic heterocycles. The van der Waals surface area contributed by atoms with Crippen LogP contribution in [0.15, 0.2) is 12.6 Å². The highest BCUT2D eigenvalue weighted by Gasteiger charge is 2.44. The molecule has 0 saturated heterocycles. The fourth-order valence-corrected chi connectivity index (χ4v) is 1.91. The van der Waals surface area contributed by atoms with Crippen molar-refractivity contribution in [2.45, 2.75) is 18.5 Å². The summed E-state index contributed by atoms with van der Waals surface area (Å²) in [6.07, 6.45) is -4.64. The van der Waals surface area contributed by atoms with Gasteiger partial charge in [0, 0.05) is 11.2 Å². The summed E-state index contributed by atoms with van der Waals surface area (Å²) in [6, 6.07) is 1.10. The van der Waals surface area contributed by atoms with Gasteiger partial charge < -0.3 is 10.5 Å². The predicted octanol–water partition coefficient (Wildman–Crippen LogP) is 0.586. The van der Waals surface area contributed by atoms with Gasteiger partial charge in [-0.3, -0.25) is 9.78 Å². The number of ether oxygens (including phenoxy) is 1. The van der Waals surface area contributed by atoms with E-state index in [1.54, 1.807) is 0 Å². The Morgan fingerprint density at radius 2 is 2.20 bits per heavy atom. The molecule has 0 unspecified atom stereocenters. The van der Waals surface area contributed by atoms with Gasteiger partial charge in [-0.05, 0) is 13.0 Å². The highest BCUT2D eigenvalue weighted by atomic mass is 19.4. The molecule has 0 aromatic carbocycles. The second kappa shape index (κ2) is 4.26. The summed E-state index contributed by atoms with van der Waals surface area (Å²) >= 11 is 0. The van der Waals surface area contributed by atoms with Gasteiger partial charge in [-0.15, -0.1) is 0 Å². The van der Waals surface area contributed by atoms with E-state index < -0.39 is 28.8 Å². The van der Waals surface area contributed by atoms with E-state index in [2.05, 4.69) is 11.6 Å². The summed E-state index contributed by atoms with van der Waals surface area (Å²) in [5.41, 5.74) is 2.41. The summed E-state index contributed by atoms with van der Waals surface area (Å²) in [5.74, 6) is -0.629. The number of hydrogen-bond acceptors (Lipinski definition) is 3. The van der Waals surface area contributed by atoms with Gasteiger partial charge in [0.15, 0.2) is 0 Å². The third-order valence-corrected chi connectivity index (χ3v) is 3.29. The Hall–Kier alpha value is -1.99. The van der Waals surface area contributed by atoms with Crippen LogP contribution in [-0.4, -0.2) is 31.5 Å². The number of amides is 1. The zero-order chi connectivity index (χ0) is 15.3. The minimum Gasteiger partial charge on any atom is -0.491 e. The van der Waals surface area contributed by atoms with Crippen molar-refractivity contribution in [3.63, 3.8) is 0 Å². The molecule has 104 valence electrons. The molecule has 0 aliphatic carbocycles. The molecule has 0 bridgehead atoms. The van der Waals surface area contributed by atoms with Crippen LogP contribution in [0.4, 0.5) is 13.2 Å². The molecule has 2 heterocycles. The molecule has 1 atom stereocenters. The molecule has 1 aliphatic rings. The maximum Gasteiger partial charge on any atom is 0.417 e. The molecule has 2 N–H and O–H groups in total. The average molecular weight is 282 g/mol. The van der Waals surface area contributed by atoms with Crippen LogP contribution in [0.5, 0.6) is 5.75 Å². The van der Waals surface area contributed by atoms with Gasteiger partial charge in [-0.25, -0.2) is 0 Å². The second-order valence-corrected chi connectivity index (χ2v) is 4.73. The van der Waals surface area contributed by atoms with Crippen molar-refractivity contribution < 1.29 is 22.7 Å². The number of hydrogen-bond donors (Lipinski definition) is 1. The molecule has 2 radical (unpaired) electrons. The van der Waals surface area contributed by atoms with Crippen LogP contribution in [0.2, 0.25) is 0 Å². The number of pyridine rings is 1. The lowest BCUT2D eigenvalue weighted by Gasteiger charge is -2.19. The number of alkyl halides is 3. The first-order chi connectivity index (χ1) is 9.07. The number of carbonyl (C=O) groups excluding carboxylic acids is 1. The van der Waals surface area contributed by atoms with Gasteiger partial charge in [-0.2, -0.15) is 13.2 Å². The number of halogens is 3. The molecule has 0 spiro atoms. The van der Waals surface area contributed by atoms with E-state index >= 15 is 0 Å². The van der Waals surface area contributed by atoms with Crippen LogP contribution in [0.25, 0.3) is 5.57 Å². The SMILES string of the molecule is [B]c1nc(C(=C)C(F)(F)F)cc2c1OC[C@]2(C)C(N)=O. The predicted molar refractivity (Wildman–Crippen MR) is 66.8 cm³/mol. The maximum absolute atomic E-state index is 12.7. The molecule has 0 fully saturated rings.